The predicted octanol–water partition coefficient (Wildman–Crippen LogP) is 7.85. The molecule has 1 amide bonds. The van der Waals surface area contributed by atoms with Gasteiger partial charge in [0.1, 0.15) is 18.2 Å². The van der Waals surface area contributed by atoms with Gasteiger partial charge in [-0.3, -0.25) is 4.79 Å². The Morgan fingerprint density at radius 2 is 1.85 bits per heavy atom. The number of aryl methyl sites for hydroxylation is 1. The summed E-state index contributed by atoms with van der Waals surface area (Å²) in [6, 6.07) is 15.6. The lowest BCUT2D eigenvalue weighted by Gasteiger charge is -2.14. The Balaban J connectivity index is 1.83. The van der Waals surface area contributed by atoms with Gasteiger partial charge in [-0.15, -0.1) is 0 Å². The molecule has 0 aliphatic rings. The molecule has 0 atom stereocenters. The van der Waals surface area contributed by atoms with E-state index in [2.05, 4.69) is 21.2 Å². The van der Waals surface area contributed by atoms with Crippen molar-refractivity contribution in [3.63, 3.8) is 0 Å². The lowest BCUT2D eigenvalue weighted by molar-refractivity contribution is -0.112. The van der Waals surface area contributed by atoms with Gasteiger partial charge >= 0.3 is 0 Å². The van der Waals surface area contributed by atoms with Crippen LogP contribution in [0.5, 0.6) is 11.5 Å². The number of carbonyl (C=O) groups is 1. The molecule has 9 heteroatoms. The Labute approximate surface area is 221 Å². The standard InChI is InChI=1S/C25H18BrCl3N2O3/c1-14-3-6-19(10-21(14)28)31-25(32)17(12-30)7-16-8-23(33-2)24(11-20(16)26)34-13-15-4-5-18(27)9-22(15)29/h3-11H,13H2,1-2H3,(H,31,32)/b17-7-. The molecule has 0 aliphatic heterocycles. The first-order valence-electron chi connectivity index (χ1n) is 9.85. The summed E-state index contributed by atoms with van der Waals surface area (Å²) in [6.45, 7) is 2.05. The molecule has 0 spiro atoms. The van der Waals surface area contributed by atoms with Gasteiger partial charge in [0, 0.05) is 30.8 Å². The van der Waals surface area contributed by atoms with Crippen molar-refractivity contribution in [2.75, 3.05) is 12.4 Å². The number of halogens is 4. The van der Waals surface area contributed by atoms with E-state index in [1.807, 2.05) is 13.0 Å². The lowest BCUT2D eigenvalue weighted by atomic mass is 10.1. The van der Waals surface area contributed by atoms with E-state index in [0.29, 0.717) is 42.3 Å². The van der Waals surface area contributed by atoms with Gasteiger partial charge in [0.25, 0.3) is 5.91 Å². The molecule has 0 heterocycles. The minimum atomic E-state index is -0.564. The van der Waals surface area contributed by atoms with Crippen LogP contribution in [0, 0.1) is 18.3 Å². The Morgan fingerprint density at radius 3 is 2.50 bits per heavy atom. The van der Waals surface area contributed by atoms with Crippen LogP contribution < -0.4 is 14.8 Å². The lowest BCUT2D eigenvalue weighted by Crippen LogP contribution is -2.13. The fourth-order valence-corrected chi connectivity index (χ4v) is 3.98. The number of nitrogens with zero attached hydrogens (tertiary/aromatic N) is 1. The Bertz CT molecular complexity index is 1320. The van der Waals surface area contributed by atoms with E-state index in [1.165, 1.54) is 13.2 Å². The number of benzene rings is 3. The van der Waals surface area contributed by atoms with Crippen LogP contribution in [0.3, 0.4) is 0 Å². The molecular weight excluding hydrogens is 563 g/mol. The molecule has 0 aromatic heterocycles. The fraction of sp³-hybridized carbons (Fsp3) is 0.120. The highest BCUT2D eigenvalue weighted by Crippen LogP contribution is 2.36. The molecule has 0 saturated heterocycles. The van der Waals surface area contributed by atoms with Crippen LogP contribution in [0.1, 0.15) is 16.7 Å². The van der Waals surface area contributed by atoms with Crippen LogP contribution in [-0.4, -0.2) is 13.0 Å². The van der Waals surface area contributed by atoms with Crippen LogP contribution in [-0.2, 0) is 11.4 Å². The smallest absolute Gasteiger partial charge is 0.266 e. The number of nitriles is 1. The molecule has 174 valence electrons. The first kappa shape index (κ1) is 25.9. The van der Waals surface area contributed by atoms with Gasteiger partial charge in [0.2, 0.25) is 0 Å². The maximum Gasteiger partial charge on any atom is 0.266 e. The first-order valence-corrected chi connectivity index (χ1v) is 11.8. The number of hydrogen-bond donors (Lipinski definition) is 1. The number of methoxy groups -OCH3 is 1. The topological polar surface area (TPSA) is 71.3 Å². The fourth-order valence-electron chi connectivity index (χ4n) is 2.90. The molecule has 5 nitrogen and oxygen atoms in total. The number of rotatable bonds is 7. The summed E-state index contributed by atoms with van der Waals surface area (Å²) in [6.07, 6.45) is 1.46. The summed E-state index contributed by atoms with van der Waals surface area (Å²) >= 11 is 21.7. The van der Waals surface area contributed by atoms with E-state index in [1.54, 1.807) is 48.5 Å². The monoisotopic (exact) mass is 578 g/mol. The van der Waals surface area contributed by atoms with Crippen molar-refractivity contribution in [2.24, 2.45) is 0 Å². The highest BCUT2D eigenvalue weighted by molar-refractivity contribution is 9.10. The van der Waals surface area contributed by atoms with Gasteiger partial charge in [-0.2, -0.15) is 5.26 Å². The van der Waals surface area contributed by atoms with Crippen molar-refractivity contribution in [3.8, 4) is 17.6 Å². The number of ether oxygens (including phenoxy) is 2. The van der Waals surface area contributed by atoms with Gasteiger partial charge in [-0.25, -0.2) is 0 Å². The average Bonchev–Trinajstić information content (AvgIpc) is 2.80. The molecule has 34 heavy (non-hydrogen) atoms. The van der Waals surface area contributed by atoms with E-state index in [0.717, 1.165) is 11.1 Å². The Morgan fingerprint density at radius 1 is 1.09 bits per heavy atom. The number of nitrogens with one attached hydrogen (secondary N) is 1. The largest absolute Gasteiger partial charge is 0.493 e. The third-order valence-electron chi connectivity index (χ3n) is 4.78. The van der Waals surface area contributed by atoms with Crippen LogP contribution in [0.4, 0.5) is 5.69 Å². The van der Waals surface area contributed by atoms with Gasteiger partial charge in [-0.05, 0) is 60.5 Å². The number of carbonyl (C=O) groups excluding carboxylic acids is 1. The zero-order valence-corrected chi connectivity index (χ0v) is 21.9. The molecule has 0 fully saturated rings. The summed E-state index contributed by atoms with van der Waals surface area (Å²) in [7, 11) is 1.50. The van der Waals surface area contributed by atoms with Crippen molar-refractivity contribution in [1.82, 2.24) is 0 Å². The van der Waals surface area contributed by atoms with Crippen molar-refractivity contribution in [1.29, 1.82) is 5.26 Å². The molecule has 0 saturated carbocycles. The van der Waals surface area contributed by atoms with Crippen molar-refractivity contribution in [3.05, 3.63) is 90.3 Å². The molecule has 0 radical (unpaired) electrons. The molecule has 3 aromatic carbocycles. The zero-order chi connectivity index (χ0) is 24.8. The maximum absolute atomic E-state index is 12.7. The highest BCUT2D eigenvalue weighted by atomic mass is 79.9. The zero-order valence-electron chi connectivity index (χ0n) is 18.1. The summed E-state index contributed by atoms with van der Waals surface area (Å²) in [4.78, 5) is 12.7. The molecule has 3 rings (SSSR count). The minimum absolute atomic E-state index is 0.0962. The van der Waals surface area contributed by atoms with Crippen molar-refractivity contribution >= 4 is 68.4 Å². The van der Waals surface area contributed by atoms with Crippen LogP contribution in [0.15, 0.2) is 58.6 Å². The highest BCUT2D eigenvalue weighted by Gasteiger charge is 2.15. The predicted molar refractivity (Wildman–Crippen MR) is 140 cm³/mol. The van der Waals surface area contributed by atoms with E-state index in [4.69, 9.17) is 44.3 Å². The van der Waals surface area contributed by atoms with Crippen molar-refractivity contribution < 1.29 is 14.3 Å². The van der Waals surface area contributed by atoms with E-state index < -0.39 is 5.91 Å². The second-order valence-electron chi connectivity index (χ2n) is 7.14. The number of hydrogen-bond acceptors (Lipinski definition) is 4. The van der Waals surface area contributed by atoms with Crippen LogP contribution in [0.25, 0.3) is 6.08 Å². The molecule has 3 aromatic rings. The summed E-state index contributed by atoms with van der Waals surface area (Å²) in [5, 5.41) is 13.8. The van der Waals surface area contributed by atoms with Crippen molar-refractivity contribution in [2.45, 2.75) is 13.5 Å². The third-order valence-corrected chi connectivity index (χ3v) is 6.46. The first-order chi connectivity index (χ1) is 16.2. The molecule has 0 unspecified atom stereocenters. The Hall–Kier alpha value is -2.69. The van der Waals surface area contributed by atoms with E-state index in [-0.39, 0.29) is 12.2 Å². The average molecular weight is 581 g/mol. The number of anilines is 1. The maximum atomic E-state index is 12.7. The molecular formula is C25H18BrCl3N2O3. The van der Waals surface area contributed by atoms with Gasteiger partial charge in [0.15, 0.2) is 11.5 Å². The van der Waals surface area contributed by atoms with Crippen LogP contribution >= 0.6 is 50.7 Å². The third kappa shape index (κ3) is 6.46. The van der Waals surface area contributed by atoms with Gasteiger partial charge in [0.05, 0.1) is 7.11 Å². The summed E-state index contributed by atoms with van der Waals surface area (Å²) < 4.78 is 11.9. The molecule has 0 aliphatic carbocycles. The summed E-state index contributed by atoms with van der Waals surface area (Å²) in [5.41, 5.74) is 2.59. The molecule has 0 bridgehead atoms. The minimum Gasteiger partial charge on any atom is -0.493 e. The SMILES string of the molecule is COc1cc(/C=C(/C#N)C(=O)Nc2ccc(C)c(Cl)c2)c(Br)cc1OCc1ccc(Cl)cc1Cl. The van der Waals surface area contributed by atoms with E-state index in [9.17, 15) is 10.1 Å². The van der Waals surface area contributed by atoms with Gasteiger partial charge in [-0.1, -0.05) is 62.9 Å². The quantitative estimate of drug-likeness (QED) is 0.228. The normalized spacial score (nSPS) is 11.0. The molecule has 1 N–H and O–H groups in total. The second kappa shape index (κ2) is 11.6. The second-order valence-corrected chi connectivity index (χ2v) is 9.24. The Kier molecular flexibility index (Phi) is 8.87. The number of amides is 1. The van der Waals surface area contributed by atoms with Crippen LogP contribution in [0.2, 0.25) is 15.1 Å². The van der Waals surface area contributed by atoms with Gasteiger partial charge < -0.3 is 14.8 Å². The van der Waals surface area contributed by atoms with E-state index >= 15 is 0 Å². The summed E-state index contributed by atoms with van der Waals surface area (Å²) in [5.74, 6) is 0.309.